The molecule has 120 valence electrons. The van der Waals surface area contributed by atoms with Gasteiger partial charge in [0.1, 0.15) is 0 Å². The number of nitrogens with zero attached hydrogens (tertiary/aromatic N) is 3. The molecular formula is C17H25N3O2. The molecule has 0 bridgehead atoms. The highest BCUT2D eigenvalue weighted by molar-refractivity contribution is 6.34. The van der Waals surface area contributed by atoms with Crippen LogP contribution in [0.15, 0.2) is 30.3 Å². The molecule has 1 fully saturated rings. The summed E-state index contributed by atoms with van der Waals surface area (Å²) in [6.45, 7) is 5.44. The van der Waals surface area contributed by atoms with E-state index in [0.717, 1.165) is 25.9 Å². The largest absolute Gasteiger partial charge is 0.368 e. The Bertz CT molecular complexity index is 496. The van der Waals surface area contributed by atoms with Gasteiger partial charge in [0.2, 0.25) is 0 Å². The van der Waals surface area contributed by atoms with Gasteiger partial charge in [-0.1, -0.05) is 31.5 Å². The van der Waals surface area contributed by atoms with E-state index >= 15 is 0 Å². The molecular weight excluding hydrogens is 278 g/mol. The average Bonchev–Trinajstić information content (AvgIpc) is 2.59. The van der Waals surface area contributed by atoms with E-state index in [1.54, 1.807) is 11.9 Å². The lowest BCUT2D eigenvalue weighted by atomic mass is 10.2. The number of benzene rings is 1. The number of carbonyl (C=O) groups is 2. The van der Waals surface area contributed by atoms with E-state index in [4.69, 9.17) is 0 Å². The summed E-state index contributed by atoms with van der Waals surface area (Å²) in [4.78, 5) is 29.8. The molecule has 0 atom stereocenters. The van der Waals surface area contributed by atoms with Gasteiger partial charge >= 0.3 is 11.8 Å². The van der Waals surface area contributed by atoms with E-state index in [-0.39, 0.29) is 11.8 Å². The van der Waals surface area contributed by atoms with Crippen molar-refractivity contribution in [3.63, 3.8) is 0 Å². The van der Waals surface area contributed by atoms with Gasteiger partial charge in [0.25, 0.3) is 0 Å². The van der Waals surface area contributed by atoms with Crippen molar-refractivity contribution < 1.29 is 9.59 Å². The Morgan fingerprint density at radius 3 is 2.32 bits per heavy atom. The van der Waals surface area contributed by atoms with Gasteiger partial charge in [0, 0.05) is 45.5 Å². The minimum atomic E-state index is -0.387. The lowest BCUT2D eigenvalue weighted by molar-refractivity contribution is -0.151. The molecule has 0 aromatic heterocycles. The molecule has 22 heavy (non-hydrogen) atoms. The lowest BCUT2D eigenvalue weighted by Crippen LogP contribution is -2.53. The van der Waals surface area contributed by atoms with Crippen LogP contribution in [0.5, 0.6) is 0 Å². The molecule has 0 saturated carbocycles. The first-order valence-corrected chi connectivity index (χ1v) is 7.98. The number of likely N-dealkylation sites (N-methyl/N-ethyl adjacent to an activating group) is 1. The molecule has 2 rings (SSSR count). The zero-order valence-corrected chi connectivity index (χ0v) is 13.5. The lowest BCUT2D eigenvalue weighted by Gasteiger charge is -2.36. The summed E-state index contributed by atoms with van der Waals surface area (Å²) in [7, 11) is 1.70. The van der Waals surface area contributed by atoms with Crippen LogP contribution in [0.25, 0.3) is 0 Å². The molecule has 0 aliphatic carbocycles. The van der Waals surface area contributed by atoms with E-state index in [1.165, 1.54) is 10.6 Å². The molecule has 0 unspecified atom stereocenters. The molecule has 1 aromatic carbocycles. The van der Waals surface area contributed by atoms with Crippen molar-refractivity contribution in [2.45, 2.75) is 19.8 Å². The van der Waals surface area contributed by atoms with Crippen LogP contribution in [0.1, 0.15) is 19.8 Å². The number of amides is 2. The Balaban J connectivity index is 1.86. The highest BCUT2D eigenvalue weighted by Crippen LogP contribution is 2.15. The van der Waals surface area contributed by atoms with Gasteiger partial charge in [-0.15, -0.1) is 0 Å². The number of anilines is 1. The van der Waals surface area contributed by atoms with Crippen molar-refractivity contribution >= 4 is 17.5 Å². The van der Waals surface area contributed by atoms with Gasteiger partial charge in [0.15, 0.2) is 0 Å². The third kappa shape index (κ3) is 4.00. The third-order valence-electron chi connectivity index (χ3n) is 4.06. The van der Waals surface area contributed by atoms with Crippen molar-refractivity contribution in [2.75, 3.05) is 44.7 Å². The summed E-state index contributed by atoms with van der Waals surface area (Å²) in [6.07, 6.45) is 1.94. The van der Waals surface area contributed by atoms with Crippen LogP contribution in [-0.4, -0.2) is 61.4 Å². The number of hydrogen-bond donors (Lipinski definition) is 0. The zero-order chi connectivity index (χ0) is 15.9. The molecule has 0 radical (unpaired) electrons. The number of para-hydroxylation sites is 1. The number of rotatable bonds is 4. The summed E-state index contributed by atoms with van der Waals surface area (Å²) >= 11 is 0. The van der Waals surface area contributed by atoms with Crippen molar-refractivity contribution in [3.8, 4) is 0 Å². The maximum atomic E-state index is 12.3. The van der Waals surface area contributed by atoms with Crippen LogP contribution in [0, 0.1) is 0 Å². The summed E-state index contributed by atoms with van der Waals surface area (Å²) < 4.78 is 0. The van der Waals surface area contributed by atoms with Crippen molar-refractivity contribution in [1.82, 2.24) is 9.80 Å². The monoisotopic (exact) mass is 303 g/mol. The molecule has 0 N–H and O–H groups in total. The van der Waals surface area contributed by atoms with Crippen LogP contribution in [0.2, 0.25) is 0 Å². The maximum absolute atomic E-state index is 12.3. The first-order valence-electron chi connectivity index (χ1n) is 7.98. The van der Waals surface area contributed by atoms with Crippen LogP contribution in [0.4, 0.5) is 5.69 Å². The van der Waals surface area contributed by atoms with Crippen LogP contribution < -0.4 is 4.90 Å². The Morgan fingerprint density at radius 2 is 1.73 bits per heavy atom. The van der Waals surface area contributed by atoms with E-state index < -0.39 is 0 Å². The first kappa shape index (κ1) is 16.3. The fourth-order valence-electron chi connectivity index (χ4n) is 2.60. The molecule has 1 aromatic rings. The standard InChI is InChI=1S/C17H25N3O2/c1-3-4-10-18(2)16(21)17(22)20-13-11-19(12-14-20)15-8-6-5-7-9-15/h5-9H,3-4,10-14H2,1-2H3. The van der Waals surface area contributed by atoms with Crippen molar-refractivity contribution in [1.29, 1.82) is 0 Å². The van der Waals surface area contributed by atoms with Crippen LogP contribution in [0.3, 0.4) is 0 Å². The van der Waals surface area contributed by atoms with Crippen LogP contribution in [-0.2, 0) is 9.59 Å². The predicted octanol–water partition coefficient (Wildman–Crippen LogP) is 1.59. The van der Waals surface area contributed by atoms with Gasteiger partial charge in [-0.2, -0.15) is 0 Å². The highest BCUT2D eigenvalue weighted by Gasteiger charge is 2.27. The van der Waals surface area contributed by atoms with Gasteiger partial charge in [0.05, 0.1) is 0 Å². The van der Waals surface area contributed by atoms with Crippen LogP contribution >= 0.6 is 0 Å². The Labute approximate surface area is 132 Å². The molecule has 1 aliphatic rings. The average molecular weight is 303 g/mol. The second-order valence-electron chi connectivity index (χ2n) is 5.70. The highest BCUT2D eigenvalue weighted by atomic mass is 16.2. The molecule has 5 heteroatoms. The van der Waals surface area contributed by atoms with Gasteiger partial charge in [-0.05, 0) is 18.6 Å². The van der Waals surface area contributed by atoms with E-state index in [9.17, 15) is 9.59 Å². The molecule has 0 spiro atoms. The summed E-state index contributed by atoms with van der Waals surface area (Å²) in [5.41, 5.74) is 1.17. The second-order valence-corrected chi connectivity index (χ2v) is 5.70. The molecule has 1 aliphatic heterocycles. The Kier molecular flexibility index (Phi) is 5.81. The number of unbranched alkanes of at least 4 members (excludes halogenated alkanes) is 1. The van der Waals surface area contributed by atoms with Gasteiger partial charge < -0.3 is 14.7 Å². The summed E-state index contributed by atoms with van der Waals surface area (Å²) in [6, 6.07) is 10.2. The Hall–Kier alpha value is -2.04. The second kappa shape index (κ2) is 7.82. The fraction of sp³-hybridized carbons (Fsp3) is 0.529. The van der Waals surface area contributed by atoms with E-state index in [2.05, 4.69) is 24.0 Å². The van der Waals surface area contributed by atoms with Gasteiger partial charge in [-0.25, -0.2) is 0 Å². The molecule has 1 saturated heterocycles. The van der Waals surface area contributed by atoms with Crippen molar-refractivity contribution in [3.05, 3.63) is 30.3 Å². The fourth-order valence-corrected chi connectivity index (χ4v) is 2.60. The van der Waals surface area contributed by atoms with Gasteiger partial charge in [-0.3, -0.25) is 9.59 Å². The number of piperazine rings is 1. The molecule has 1 heterocycles. The number of hydrogen-bond acceptors (Lipinski definition) is 3. The summed E-state index contributed by atoms with van der Waals surface area (Å²) in [5, 5.41) is 0. The maximum Gasteiger partial charge on any atom is 0.312 e. The normalized spacial score (nSPS) is 14.8. The first-order chi connectivity index (χ1) is 10.6. The zero-order valence-electron chi connectivity index (χ0n) is 13.5. The SMILES string of the molecule is CCCCN(C)C(=O)C(=O)N1CCN(c2ccccc2)CC1. The minimum absolute atomic E-state index is 0.369. The third-order valence-corrected chi connectivity index (χ3v) is 4.06. The van der Waals surface area contributed by atoms with Crippen molar-refractivity contribution in [2.24, 2.45) is 0 Å². The Morgan fingerprint density at radius 1 is 1.09 bits per heavy atom. The summed E-state index contributed by atoms with van der Waals surface area (Å²) in [5.74, 6) is -0.757. The topological polar surface area (TPSA) is 43.9 Å². The van der Waals surface area contributed by atoms with E-state index in [1.807, 2.05) is 18.2 Å². The number of carbonyl (C=O) groups excluding carboxylic acids is 2. The quantitative estimate of drug-likeness (QED) is 0.794. The predicted molar refractivity (Wildman–Crippen MR) is 87.8 cm³/mol. The molecule has 5 nitrogen and oxygen atoms in total. The minimum Gasteiger partial charge on any atom is -0.368 e. The van der Waals surface area contributed by atoms with E-state index in [0.29, 0.717) is 19.6 Å². The molecule has 2 amide bonds. The smallest absolute Gasteiger partial charge is 0.312 e.